The highest BCUT2D eigenvalue weighted by Crippen LogP contribution is 2.30. The molecule has 2 N–H and O–H groups in total. The average molecular weight is 246 g/mol. The molecule has 0 fully saturated rings. The van der Waals surface area contributed by atoms with Crippen LogP contribution < -0.4 is 5.73 Å². The Bertz CT molecular complexity index is 463. The van der Waals surface area contributed by atoms with Crippen LogP contribution in [0.2, 0.25) is 0 Å². The number of hydrogen-bond acceptors (Lipinski definition) is 3. The lowest BCUT2D eigenvalue weighted by Crippen LogP contribution is -2.20. The van der Waals surface area contributed by atoms with Crippen molar-refractivity contribution in [3.63, 3.8) is 0 Å². The van der Waals surface area contributed by atoms with Crippen LogP contribution in [0.4, 0.5) is 0 Å². The normalized spacial score (nSPS) is 12.9. The van der Waals surface area contributed by atoms with Crippen molar-refractivity contribution in [2.24, 2.45) is 5.73 Å². The molecular formula is C14H18N2S. The Labute approximate surface area is 107 Å². The van der Waals surface area contributed by atoms with Gasteiger partial charge in [-0.1, -0.05) is 30.3 Å². The maximum Gasteiger partial charge on any atom is 0.0691 e. The second-order valence-electron chi connectivity index (χ2n) is 4.33. The van der Waals surface area contributed by atoms with Gasteiger partial charge in [0.2, 0.25) is 0 Å². The van der Waals surface area contributed by atoms with Crippen LogP contribution in [-0.2, 0) is 6.54 Å². The fourth-order valence-electron chi connectivity index (χ4n) is 2.05. The molecule has 2 rings (SSSR count). The van der Waals surface area contributed by atoms with Gasteiger partial charge >= 0.3 is 0 Å². The molecule has 90 valence electrons. The zero-order chi connectivity index (χ0) is 12.3. The summed E-state index contributed by atoms with van der Waals surface area (Å²) in [5.74, 6) is 0. The number of thiophene rings is 1. The molecule has 0 spiro atoms. The Morgan fingerprint density at radius 1 is 1.24 bits per heavy atom. The summed E-state index contributed by atoms with van der Waals surface area (Å²) < 4.78 is 0. The first kappa shape index (κ1) is 12.3. The van der Waals surface area contributed by atoms with Gasteiger partial charge in [-0.15, -0.1) is 11.3 Å². The summed E-state index contributed by atoms with van der Waals surface area (Å²) in [4.78, 5) is 3.60. The molecule has 1 heterocycles. The van der Waals surface area contributed by atoms with Gasteiger partial charge in [0.1, 0.15) is 0 Å². The van der Waals surface area contributed by atoms with Gasteiger partial charge in [-0.25, -0.2) is 0 Å². The predicted octanol–water partition coefficient (Wildman–Crippen LogP) is 2.86. The molecule has 2 aromatic rings. The van der Waals surface area contributed by atoms with Gasteiger partial charge in [-0.05, 0) is 36.7 Å². The monoisotopic (exact) mass is 246 g/mol. The second-order valence-corrected chi connectivity index (χ2v) is 5.31. The van der Waals surface area contributed by atoms with E-state index in [0.717, 1.165) is 0 Å². The molecule has 0 saturated heterocycles. The van der Waals surface area contributed by atoms with Crippen LogP contribution in [-0.4, -0.2) is 19.0 Å². The molecular weight excluding hydrogens is 228 g/mol. The molecule has 1 aromatic heterocycles. The van der Waals surface area contributed by atoms with Gasteiger partial charge in [0.05, 0.1) is 6.04 Å². The van der Waals surface area contributed by atoms with Gasteiger partial charge in [0, 0.05) is 11.4 Å². The van der Waals surface area contributed by atoms with E-state index in [1.165, 1.54) is 16.0 Å². The smallest absolute Gasteiger partial charge is 0.0691 e. The lowest BCUT2D eigenvalue weighted by atomic mass is 10.0. The van der Waals surface area contributed by atoms with Crippen LogP contribution in [0.15, 0.2) is 41.8 Å². The number of nitrogens with two attached hydrogens (primary N) is 1. The van der Waals surface area contributed by atoms with E-state index in [0.29, 0.717) is 12.6 Å². The first-order valence-electron chi connectivity index (χ1n) is 5.71. The van der Waals surface area contributed by atoms with E-state index in [9.17, 15) is 0 Å². The molecule has 0 aliphatic rings. The molecule has 1 aromatic carbocycles. The second kappa shape index (κ2) is 5.45. The first-order chi connectivity index (χ1) is 8.22. The first-order valence-corrected chi connectivity index (χ1v) is 6.59. The third-order valence-corrected chi connectivity index (χ3v) is 3.76. The zero-order valence-corrected chi connectivity index (χ0v) is 11.1. The van der Waals surface area contributed by atoms with Crippen LogP contribution in [0.5, 0.6) is 0 Å². The Balaban J connectivity index is 2.39. The van der Waals surface area contributed by atoms with Gasteiger partial charge < -0.3 is 5.73 Å². The van der Waals surface area contributed by atoms with Crippen molar-refractivity contribution < 1.29 is 0 Å². The highest BCUT2D eigenvalue weighted by molar-refractivity contribution is 7.10. The molecule has 17 heavy (non-hydrogen) atoms. The summed E-state index contributed by atoms with van der Waals surface area (Å²) in [6.07, 6.45) is 0. The fourth-order valence-corrected chi connectivity index (χ4v) is 3.00. The molecule has 1 unspecified atom stereocenters. The van der Waals surface area contributed by atoms with Crippen LogP contribution in [0.25, 0.3) is 0 Å². The zero-order valence-electron chi connectivity index (χ0n) is 10.3. The molecule has 0 radical (unpaired) electrons. The largest absolute Gasteiger partial charge is 0.326 e. The van der Waals surface area contributed by atoms with Gasteiger partial charge in [-0.2, -0.15) is 0 Å². The van der Waals surface area contributed by atoms with Gasteiger partial charge in [-0.3, -0.25) is 4.90 Å². The van der Waals surface area contributed by atoms with E-state index in [-0.39, 0.29) is 0 Å². The lowest BCUT2D eigenvalue weighted by Gasteiger charge is -2.24. The van der Waals surface area contributed by atoms with Crippen molar-refractivity contribution in [2.75, 3.05) is 14.1 Å². The van der Waals surface area contributed by atoms with E-state index >= 15 is 0 Å². The molecule has 2 nitrogen and oxygen atoms in total. The fraction of sp³-hybridized carbons (Fsp3) is 0.286. The maximum absolute atomic E-state index is 5.70. The van der Waals surface area contributed by atoms with E-state index < -0.39 is 0 Å². The van der Waals surface area contributed by atoms with Crippen LogP contribution in [0.1, 0.15) is 22.0 Å². The molecule has 1 atom stereocenters. The van der Waals surface area contributed by atoms with E-state index in [1.807, 2.05) is 0 Å². The minimum atomic E-state index is 0.321. The Morgan fingerprint density at radius 3 is 2.65 bits per heavy atom. The highest BCUT2D eigenvalue weighted by Gasteiger charge is 2.17. The number of rotatable bonds is 4. The summed E-state index contributed by atoms with van der Waals surface area (Å²) >= 11 is 1.79. The maximum atomic E-state index is 5.70. The van der Waals surface area contributed by atoms with Crippen molar-refractivity contribution in [3.8, 4) is 0 Å². The third-order valence-electron chi connectivity index (χ3n) is 2.83. The number of hydrogen-bond donors (Lipinski definition) is 1. The molecule has 0 saturated carbocycles. The minimum absolute atomic E-state index is 0.321. The standard InChI is InChI=1S/C14H18N2S/c1-16(2)14(13-7-4-8-17-13)12-6-3-5-11(9-12)10-15/h3-9,14H,10,15H2,1-2H3. The Hall–Kier alpha value is -1.16. The highest BCUT2D eigenvalue weighted by atomic mass is 32.1. The van der Waals surface area contributed by atoms with E-state index in [1.54, 1.807) is 11.3 Å². The van der Waals surface area contributed by atoms with Gasteiger partial charge in [0.15, 0.2) is 0 Å². The summed E-state index contributed by atoms with van der Waals surface area (Å²) in [7, 11) is 4.22. The lowest BCUT2D eigenvalue weighted by molar-refractivity contribution is 0.346. The average Bonchev–Trinajstić information content (AvgIpc) is 2.83. The number of nitrogens with zero attached hydrogens (tertiary/aromatic N) is 1. The molecule has 0 aliphatic carbocycles. The van der Waals surface area contributed by atoms with E-state index in [4.69, 9.17) is 5.73 Å². The molecule has 0 aliphatic heterocycles. The van der Waals surface area contributed by atoms with Crippen molar-refractivity contribution in [1.29, 1.82) is 0 Å². The number of benzene rings is 1. The molecule has 3 heteroatoms. The summed E-state index contributed by atoms with van der Waals surface area (Å²) in [5.41, 5.74) is 8.19. The predicted molar refractivity (Wildman–Crippen MR) is 74.2 cm³/mol. The topological polar surface area (TPSA) is 29.3 Å². The van der Waals surface area contributed by atoms with Crippen molar-refractivity contribution >= 4 is 11.3 Å². The van der Waals surface area contributed by atoms with Crippen molar-refractivity contribution in [2.45, 2.75) is 12.6 Å². The summed E-state index contributed by atoms with van der Waals surface area (Å²) in [6, 6.07) is 13.1. The van der Waals surface area contributed by atoms with Crippen molar-refractivity contribution in [1.82, 2.24) is 4.90 Å². The molecule has 0 amide bonds. The minimum Gasteiger partial charge on any atom is -0.326 e. The quantitative estimate of drug-likeness (QED) is 0.899. The Morgan fingerprint density at radius 2 is 2.06 bits per heavy atom. The SMILES string of the molecule is CN(C)C(c1cccc(CN)c1)c1cccs1. The van der Waals surface area contributed by atoms with Gasteiger partial charge in [0.25, 0.3) is 0 Å². The summed E-state index contributed by atoms with van der Waals surface area (Å²) in [6.45, 7) is 0.596. The van der Waals surface area contributed by atoms with Crippen molar-refractivity contribution in [3.05, 3.63) is 57.8 Å². The Kier molecular flexibility index (Phi) is 3.94. The summed E-state index contributed by atoms with van der Waals surface area (Å²) in [5, 5.41) is 2.12. The molecule has 0 bridgehead atoms. The third kappa shape index (κ3) is 2.75. The van der Waals surface area contributed by atoms with E-state index in [2.05, 4.69) is 60.8 Å². The van der Waals surface area contributed by atoms with Crippen LogP contribution in [0.3, 0.4) is 0 Å². The van der Waals surface area contributed by atoms with Crippen LogP contribution in [0, 0.1) is 0 Å². The van der Waals surface area contributed by atoms with Crippen LogP contribution >= 0.6 is 11.3 Å².